The third-order valence-electron chi connectivity index (χ3n) is 10.6. The Hall–Kier alpha value is -0.0400. The predicted molar refractivity (Wildman–Crippen MR) is 115 cm³/mol. The summed E-state index contributed by atoms with van der Waals surface area (Å²) < 4.78 is 0. The van der Waals surface area contributed by atoms with Crippen molar-refractivity contribution in [2.45, 2.75) is 111 Å². The van der Waals surface area contributed by atoms with Crippen LogP contribution in [-0.4, -0.2) is 11.7 Å². The van der Waals surface area contributed by atoms with Gasteiger partial charge in [0.2, 0.25) is 0 Å². The maximum atomic E-state index is 10.6. The first kappa shape index (κ1) is 20.2. The quantitative estimate of drug-likeness (QED) is 0.486. The van der Waals surface area contributed by atoms with Gasteiger partial charge >= 0.3 is 0 Å². The summed E-state index contributed by atoms with van der Waals surface area (Å²) in [7, 11) is 0. The minimum absolute atomic E-state index is 0.313. The average Bonchev–Trinajstić information content (AvgIpc) is 3.05. The lowest BCUT2D eigenvalue weighted by molar-refractivity contribution is -0.141. The Morgan fingerprint density at radius 3 is 2.56 bits per heavy atom. The van der Waals surface area contributed by atoms with Gasteiger partial charge in [0.1, 0.15) is 0 Å². The molecule has 156 valence electrons. The predicted octanol–water partition coefficient (Wildman–Crippen LogP) is 7.22. The molecule has 4 rings (SSSR count). The van der Waals surface area contributed by atoms with Crippen molar-refractivity contribution < 1.29 is 5.11 Å². The van der Waals surface area contributed by atoms with Crippen molar-refractivity contribution in [1.82, 2.24) is 0 Å². The Morgan fingerprint density at radius 2 is 1.78 bits per heavy atom. The summed E-state index contributed by atoms with van der Waals surface area (Å²) >= 11 is 0. The SMILES string of the molecule is CCCCC[C@@H](C)[C@H]1CC[C@H]2[C@@H]3CCC4CCCC[C@]4(CO)[C@H]3CC[C@]12C. The van der Waals surface area contributed by atoms with Gasteiger partial charge in [-0.25, -0.2) is 0 Å². The van der Waals surface area contributed by atoms with E-state index >= 15 is 0 Å². The topological polar surface area (TPSA) is 20.2 Å². The van der Waals surface area contributed by atoms with Crippen molar-refractivity contribution in [3.63, 3.8) is 0 Å². The maximum Gasteiger partial charge on any atom is 0.0492 e. The zero-order valence-electron chi connectivity index (χ0n) is 18.5. The fourth-order valence-corrected chi connectivity index (χ4v) is 9.27. The van der Waals surface area contributed by atoms with Gasteiger partial charge in [-0.1, -0.05) is 59.3 Å². The average molecular weight is 375 g/mol. The molecular weight excluding hydrogens is 328 g/mol. The van der Waals surface area contributed by atoms with Crippen LogP contribution in [0.4, 0.5) is 0 Å². The van der Waals surface area contributed by atoms with Crippen LogP contribution in [0.1, 0.15) is 111 Å². The van der Waals surface area contributed by atoms with Gasteiger partial charge in [0.15, 0.2) is 0 Å². The normalized spacial score (nSPS) is 47.8. The highest BCUT2D eigenvalue weighted by Crippen LogP contribution is 2.68. The Kier molecular flexibility index (Phi) is 6.00. The van der Waals surface area contributed by atoms with Crippen LogP contribution in [-0.2, 0) is 0 Å². The molecule has 0 bridgehead atoms. The molecule has 0 aromatic heterocycles. The highest BCUT2D eigenvalue weighted by Gasteiger charge is 2.61. The summed E-state index contributed by atoms with van der Waals surface area (Å²) in [6.07, 6.45) is 20.0. The van der Waals surface area contributed by atoms with E-state index in [9.17, 15) is 5.11 Å². The number of fused-ring (bicyclic) bond motifs is 5. The Bertz CT molecular complexity index is 500. The second-order valence-corrected chi connectivity index (χ2v) is 11.5. The molecule has 0 radical (unpaired) electrons. The minimum atomic E-state index is 0.313. The molecule has 0 spiro atoms. The first-order valence-corrected chi connectivity index (χ1v) is 12.7. The molecule has 0 amide bonds. The molecule has 4 fully saturated rings. The minimum Gasteiger partial charge on any atom is -0.396 e. The molecule has 1 N–H and O–H groups in total. The van der Waals surface area contributed by atoms with Crippen molar-refractivity contribution in [3.8, 4) is 0 Å². The number of hydrogen-bond donors (Lipinski definition) is 1. The van der Waals surface area contributed by atoms with E-state index in [-0.39, 0.29) is 0 Å². The van der Waals surface area contributed by atoms with Crippen molar-refractivity contribution >= 4 is 0 Å². The highest BCUT2D eigenvalue weighted by molar-refractivity contribution is 5.10. The molecule has 0 heterocycles. The van der Waals surface area contributed by atoms with Gasteiger partial charge in [0.25, 0.3) is 0 Å². The van der Waals surface area contributed by atoms with E-state index in [2.05, 4.69) is 20.8 Å². The van der Waals surface area contributed by atoms with E-state index in [0.29, 0.717) is 17.4 Å². The van der Waals surface area contributed by atoms with Crippen molar-refractivity contribution in [1.29, 1.82) is 0 Å². The van der Waals surface area contributed by atoms with E-state index < -0.39 is 0 Å². The fourth-order valence-electron chi connectivity index (χ4n) is 9.27. The van der Waals surface area contributed by atoms with Crippen molar-refractivity contribution in [3.05, 3.63) is 0 Å². The summed E-state index contributed by atoms with van der Waals surface area (Å²) in [5.74, 6) is 5.45. The summed E-state index contributed by atoms with van der Waals surface area (Å²) in [6.45, 7) is 8.09. The molecule has 27 heavy (non-hydrogen) atoms. The van der Waals surface area contributed by atoms with Gasteiger partial charge in [-0.3, -0.25) is 0 Å². The number of rotatable bonds is 6. The Morgan fingerprint density at radius 1 is 0.926 bits per heavy atom. The lowest BCUT2D eigenvalue weighted by Gasteiger charge is -2.61. The van der Waals surface area contributed by atoms with Gasteiger partial charge in [-0.15, -0.1) is 0 Å². The van der Waals surface area contributed by atoms with Crippen LogP contribution in [0.25, 0.3) is 0 Å². The zero-order valence-corrected chi connectivity index (χ0v) is 18.5. The van der Waals surface area contributed by atoms with Crippen LogP contribution in [0.3, 0.4) is 0 Å². The van der Waals surface area contributed by atoms with Crippen LogP contribution in [0.2, 0.25) is 0 Å². The van der Waals surface area contributed by atoms with Crippen LogP contribution in [0, 0.1) is 46.3 Å². The first-order valence-electron chi connectivity index (χ1n) is 12.7. The maximum absolute atomic E-state index is 10.6. The van der Waals surface area contributed by atoms with Crippen molar-refractivity contribution in [2.24, 2.45) is 46.3 Å². The summed E-state index contributed by atoms with van der Waals surface area (Å²) in [5.41, 5.74) is 0.915. The summed E-state index contributed by atoms with van der Waals surface area (Å²) in [4.78, 5) is 0. The number of unbranched alkanes of at least 4 members (excludes halogenated alkanes) is 2. The highest BCUT2D eigenvalue weighted by atomic mass is 16.3. The lowest BCUT2D eigenvalue weighted by atomic mass is 9.44. The first-order chi connectivity index (χ1) is 13.1. The van der Waals surface area contributed by atoms with Crippen molar-refractivity contribution in [2.75, 3.05) is 6.61 Å². The van der Waals surface area contributed by atoms with E-state index in [1.807, 2.05) is 0 Å². The van der Waals surface area contributed by atoms with E-state index in [1.54, 1.807) is 0 Å². The van der Waals surface area contributed by atoms with Gasteiger partial charge < -0.3 is 5.11 Å². The molecule has 0 aromatic carbocycles. The summed E-state index contributed by atoms with van der Waals surface area (Å²) in [5, 5.41) is 10.6. The second kappa shape index (κ2) is 8.00. The lowest BCUT2D eigenvalue weighted by Crippen LogP contribution is -2.55. The van der Waals surface area contributed by atoms with E-state index in [4.69, 9.17) is 0 Å². The third-order valence-corrected chi connectivity index (χ3v) is 10.6. The van der Waals surface area contributed by atoms with Crippen LogP contribution >= 0.6 is 0 Å². The van der Waals surface area contributed by atoms with Crippen LogP contribution in [0.15, 0.2) is 0 Å². The molecule has 4 saturated carbocycles. The number of aliphatic hydroxyl groups excluding tert-OH is 1. The smallest absolute Gasteiger partial charge is 0.0492 e. The Balaban J connectivity index is 1.51. The van der Waals surface area contributed by atoms with Crippen LogP contribution in [0.5, 0.6) is 0 Å². The van der Waals surface area contributed by atoms with Crippen LogP contribution < -0.4 is 0 Å². The molecular formula is C26H46O. The monoisotopic (exact) mass is 374 g/mol. The molecule has 1 unspecified atom stereocenters. The second-order valence-electron chi connectivity index (χ2n) is 11.5. The standard InChI is InChI=1S/C26H46O/c1-4-5-6-9-19(2)22-13-14-23-21-12-11-20-10-7-8-16-26(20,18-27)24(21)15-17-25(22,23)3/h19-24,27H,4-18H2,1-3H3/t19-,20?,21+,22-,23+,24+,25-,26-/m1/s1. The summed E-state index contributed by atoms with van der Waals surface area (Å²) in [6, 6.07) is 0. The Labute approximate surface area is 169 Å². The molecule has 0 aromatic rings. The van der Waals surface area contributed by atoms with Gasteiger partial charge in [-0.05, 0) is 97.7 Å². The molecule has 1 heteroatoms. The number of hydrogen-bond acceptors (Lipinski definition) is 1. The molecule has 1 nitrogen and oxygen atoms in total. The molecule has 8 atom stereocenters. The molecule has 0 saturated heterocycles. The largest absolute Gasteiger partial charge is 0.396 e. The van der Waals surface area contributed by atoms with Gasteiger partial charge in [0.05, 0.1) is 0 Å². The molecule has 0 aliphatic heterocycles. The van der Waals surface area contributed by atoms with Gasteiger partial charge in [-0.2, -0.15) is 0 Å². The van der Waals surface area contributed by atoms with Gasteiger partial charge in [0, 0.05) is 6.61 Å². The third kappa shape index (κ3) is 3.23. The zero-order chi connectivity index (χ0) is 19.1. The van der Waals surface area contributed by atoms with E-state index in [1.165, 1.54) is 89.9 Å². The molecule has 4 aliphatic rings. The fraction of sp³-hybridized carbons (Fsp3) is 1.00. The molecule has 4 aliphatic carbocycles. The number of aliphatic hydroxyl groups is 1. The van der Waals surface area contributed by atoms with E-state index in [0.717, 1.165) is 35.5 Å².